The second-order valence-corrected chi connectivity index (χ2v) is 11.2. The van der Waals surface area contributed by atoms with Crippen molar-refractivity contribution in [3.8, 4) is 11.5 Å². The standard InChI is InChI=1S/C25H36O2.H3O4P/c1-9-16-11-18(22(26)20(13-16)24(3,4)5)15-19-12-17(10-2)14-21(23(19)27)25(6,7)8;1-5(2,3)4/h11-14,26-27H,9-10,15H2,1-8H3;(H3,1,2,3,4). The second kappa shape index (κ2) is 10.4. The molecule has 2 rings (SSSR count). The lowest BCUT2D eigenvalue weighted by Gasteiger charge is -2.25. The molecule has 2 aromatic rings. The van der Waals surface area contributed by atoms with Crippen LogP contribution in [-0.2, 0) is 34.7 Å². The molecule has 0 unspecified atom stereocenters. The van der Waals surface area contributed by atoms with Gasteiger partial charge in [-0.25, -0.2) is 4.57 Å². The van der Waals surface area contributed by atoms with Gasteiger partial charge < -0.3 is 24.9 Å². The molecule has 0 aliphatic heterocycles. The highest BCUT2D eigenvalue weighted by molar-refractivity contribution is 7.45. The summed E-state index contributed by atoms with van der Waals surface area (Å²) in [6.07, 6.45) is 2.38. The van der Waals surface area contributed by atoms with E-state index in [-0.39, 0.29) is 10.8 Å². The number of aromatic hydroxyl groups is 2. The molecule has 0 aliphatic rings. The lowest BCUT2D eigenvalue weighted by Crippen LogP contribution is -2.14. The Labute approximate surface area is 192 Å². The summed E-state index contributed by atoms with van der Waals surface area (Å²) in [5, 5.41) is 21.9. The Balaban J connectivity index is 0.000000920. The topological polar surface area (TPSA) is 118 Å². The number of benzene rings is 2. The quantitative estimate of drug-likeness (QED) is 0.381. The molecule has 2 aromatic carbocycles. The third-order valence-electron chi connectivity index (χ3n) is 5.31. The van der Waals surface area contributed by atoms with Gasteiger partial charge in [0.1, 0.15) is 11.5 Å². The number of phenolic OH excluding ortho intramolecular Hbond substituents is 2. The van der Waals surface area contributed by atoms with Crippen molar-refractivity contribution in [3.05, 3.63) is 57.6 Å². The van der Waals surface area contributed by atoms with Gasteiger partial charge in [0.25, 0.3) is 0 Å². The minimum atomic E-state index is -4.64. The monoisotopic (exact) mass is 466 g/mol. The van der Waals surface area contributed by atoms with Crippen LogP contribution in [0.3, 0.4) is 0 Å². The van der Waals surface area contributed by atoms with Crippen LogP contribution in [0.1, 0.15) is 88.8 Å². The van der Waals surface area contributed by atoms with Gasteiger partial charge in [-0.15, -0.1) is 0 Å². The highest BCUT2D eigenvalue weighted by Crippen LogP contribution is 2.39. The summed E-state index contributed by atoms with van der Waals surface area (Å²) >= 11 is 0. The number of phosphoric acid groups is 1. The van der Waals surface area contributed by atoms with Gasteiger partial charge in [0.15, 0.2) is 0 Å². The number of phenols is 2. The molecule has 6 nitrogen and oxygen atoms in total. The Morgan fingerprint density at radius 1 is 0.688 bits per heavy atom. The zero-order valence-corrected chi connectivity index (χ0v) is 21.4. The van der Waals surface area contributed by atoms with Crippen molar-refractivity contribution < 1.29 is 29.5 Å². The minimum Gasteiger partial charge on any atom is -0.507 e. The van der Waals surface area contributed by atoms with E-state index in [1.165, 1.54) is 11.1 Å². The number of aryl methyl sites for hydroxylation is 2. The zero-order chi connectivity index (χ0) is 25.1. The minimum absolute atomic E-state index is 0.131. The molecular formula is C25H39O6P. The van der Waals surface area contributed by atoms with Crippen molar-refractivity contribution in [3.63, 3.8) is 0 Å². The average molecular weight is 467 g/mol. The molecule has 0 aromatic heterocycles. The molecule has 0 heterocycles. The predicted octanol–water partition coefficient (Wildman–Crippen LogP) is 5.48. The maximum atomic E-state index is 11.0. The number of rotatable bonds is 4. The summed E-state index contributed by atoms with van der Waals surface area (Å²) in [5.74, 6) is 0.719. The Hall–Kier alpha value is -1.85. The molecule has 0 amide bonds. The largest absolute Gasteiger partial charge is 0.507 e. The highest BCUT2D eigenvalue weighted by Gasteiger charge is 2.24. The van der Waals surface area contributed by atoms with Crippen LogP contribution >= 0.6 is 7.82 Å². The molecule has 0 fully saturated rings. The maximum Gasteiger partial charge on any atom is 0.466 e. The Bertz CT molecular complexity index is 900. The van der Waals surface area contributed by atoms with Gasteiger partial charge in [-0.2, -0.15) is 0 Å². The number of hydrogen-bond acceptors (Lipinski definition) is 3. The van der Waals surface area contributed by atoms with E-state index in [1.807, 2.05) is 0 Å². The fourth-order valence-electron chi connectivity index (χ4n) is 3.55. The lowest BCUT2D eigenvalue weighted by molar-refractivity contribution is 0.275. The van der Waals surface area contributed by atoms with Gasteiger partial charge in [0.05, 0.1) is 0 Å². The third kappa shape index (κ3) is 8.25. The Morgan fingerprint density at radius 3 is 1.19 bits per heavy atom. The van der Waals surface area contributed by atoms with Crippen LogP contribution in [0, 0.1) is 0 Å². The van der Waals surface area contributed by atoms with E-state index in [0.29, 0.717) is 17.9 Å². The van der Waals surface area contributed by atoms with E-state index in [1.54, 1.807) is 0 Å². The van der Waals surface area contributed by atoms with Crippen LogP contribution in [0.2, 0.25) is 0 Å². The molecule has 32 heavy (non-hydrogen) atoms. The summed E-state index contributed by atoms with van der Waals surface area (Å²) in [6, 6.07) is 8.39. The summed E-state index contributed by atoms with van der Waals surface area (Å²) in [5.41, 5.74) is 5.90. The molecule has 7 heteroatoms. The van der Waals surface area contributed by atoms with Gasteiger partial charge in [-0.3, -0.25) is 0 Å². The van der Waals surface area contributed by atoms with E-state index in [0.717, 1.165) is 35.1 Å². The first-order valence-electron chi connectivity index (χ1n) is 10.9. The first-order valence-corrected chi connectivity index (χ1v) is 12.4. The summed E-state index contributed by atoms with van der Waals surface area (Å²) < 4.78 is 8.88. The maximum absolute atomic E-state index is 11.0. The van der Waals surface area contributed by atoms with Crippen LogP contribution in [0.5, 0.6) is 11.5 Å². The lowest BCUT2D eigenvalue weighted by atomic mass is 9.81. The first-order chi connectivity index (χ1) is 14.4. The van der Waals surface area contributed by atoms with E-state index in [4.69, 9.17) is 19.2 Å². The molecule has 0 saturated heterocycles. The van der Waals surface area contributed by atoms with Crippen LogP contribution < -0.4 is 0 Å². The van der Waals surface area contributed by atoms with Crippen LogP contribution in [0.25, 0.3) is 0 Å². The summed E-state index contributed by atoms with van der Waals surface area (Å²) in [7, 11) is -4.64. The molecule has 0 radical (unpaired) electrons. The molecule has 180 valence electrons. The fraction of sp³-hybridized carbons (Fsp3) is 0.520. The molecule has 5 N–H and O–H groups in total. The second-order valence-electron chi connectivity index (χ2n) is 10.2. The Morgan fingerprint density at radius 2 is 0.969 bits per heavy atom. The smallest absolute Gasteiger partial charge is 0.466 e. The number of hydrogen-bond donors (Lipinski definition) is 5. The molecule has 0 saturated carbocycles. The van der Waals surface area contributed by atoms with Crippen molar-refractivity contribution >= 4 is 7.82 Å². The molecule has 0 aliphatic carbocycles. The predicted molar refractivity (Wildman–Crippen MR) is 129 cm³/mol. The van der Waals surface area contributed by atoms with E-state index in [9.17, 15) is 10.2 Å². The third-order valence-corrected chi connectivity index (χ3v) is 5.31. The summed E-state index contributed by atoms with van der Waals surface area (Å²) in [6.45, 7) is 17.0. The Kier molecular flexibility index (Phi) is 9.15. The normalized spacial score (nSPS) is 12.3. The van der Waals surface area contributed by atoms with E-state index in [2.05, 4.69) is 79.7 Å². The molecular weight excluding hydrogens is 427 g/mol. The van der Waals surface area contributed by atoms with Crippen molar-refractivity contribution in [1.29, 1.82) is 0 Å². The van der Waals surface area contributed by atoms with Crippen molar-refractivity contribution in [2.24, 2.45) is 0 Å². The van der Waals surface area contributed by atoms with Crippen LogP contribution in [-0.4, -0.2) is 24.9 Å². The van der Waals surface area contributed by atoms with Crippen molar-refractivity contribution in [1.82, 2.24) is 0 Å². The van der Waals surface area contributed by atoms with Crippen molar-refractivity contribution in [2.45, 2.75) is 85.5 Å². The molecule has 0 spiro atoms. The van der Waals surface area contributed by atoms with E-state index < -0.39 is 7.82 Å². The van der Waals surface area contributed by atoms with Crippen LogP contribution in [0.15, 0.2) is 24.3 Å². The average Bonchev–Trinajstić information content (AvgIpc) is 2.61. The van der Waals surface area contributed by atoms with E-state index >= 15 is 0 Å². The van der Waals surface area contributed by atoms with Crippen LogP contribution in [0.4, 0.5) is 0 Å². The van der Waals surface area contributed by atoms with Gasteiger partial charge in [0, 0.05) is 6.42 Å². The zero-order valence-electron chi connectivity index (χ0n) is 20.5. The summed E-state index contributed by atoms with van der Waals surface area (Å²) in [4.78, 5) is 21.6. The fourth-order valence-corrected chi connectivity index (χ4v) is 3.55. The van der Waals surface area contributed by atoms with Gasteiger partial charge in [-0.1, -0.05) is 79.7 Å². The SMILES string of the molecule is CCc1cc(Cc2cc(CC)cc(C(C)(C)C)c2O)c(O)c(C(C)(C)C)c1.O=P(O)(O)O. The first kappa shape index (κ1) is 28.2. The van der Waals surface area contributed by atoms with Crippen molar-refractivity contribution in [2.75, 3.05) is 0 Å². The molecule has 0 bridgehead atoms. The van der Waals surface area contributed by atoms with Gasteiger partial charge >= 0.3 is 7.82 Å². The van der Waals surface area contributed by atoms with Gasteiger partial charge in [0.2, 0.25) is 0 Å². The van der Waals surface area contributed by atoms with Gasteiger partial charge in [-0.05, 0) is 57.1 Å². The highest BCUT2D eigenvalue weighted by atomic mass is 31.2. The molecule has 0 atom stereocenters.